The molecule has 0 spiro atoms. The van der Waals surface area contributed by atoms with Crippen molar-refractivity contribution in [2.24, 2.45) is 17.1 Å². The summed E-state index contributed by atoms with van der Waals surface area (Å²) in [5, 5.41) is 0. The molecule has 1 aliphatic carbocycles. The predicted octanol–water partition coefficient (Wildman–Crippen LogP) is 3.51. The first-order valence-electron chi connectivity index (χ1n) is 6.29. The van der Waals surface area contributed by atoms with E-state index < -0.39 is 0 Å². The summed E-state index contributed by atoms with van der Waals surface area (Å²) in [7, 11) is 0. The molecule has 1 nitrogen and oxygen atoms in total. The average Bonchev–Trinajstić information content (AvgIpc) is 2.80. The number of rotatable bonds is 3. The zero-order valence-electron chi connectivity index (χ0n) is 10.8. The fraction of sp³-hybridized carbons (Fsp3) is 0.600. The Morgan fingerprint density at radius 2 is 1.88 bits per heavy atom. The average molecular weight is 217 g/mol. The minimum Gasteiger partial charge on any atom is -0.330 e. The lowest BCUT2D eigenvalue weighted by Crippen LogP contribution is -2.05. The second-order valence-corrected chi connectivity index (χ2v) is 5.92. The minimum atomic E-state index is 0.389. The van der Waals surface area contributed by atoms with Gasteiger partial charge in [0.05, 0.1) is 0 Å². The second-order valence-electron chi connectivity index (χ2n) is 5.92. The van der Waals surface area contributed by atoms with E-state index in [2.05, 4.69) is 52.0 Å². The molecule has 1 heteroatoms. The van der Waals surface area contributed by atoms with E-state index in [1.54, 1.807) is 0 Å². The maximum atomic E-state index is 5.86. The van der Waals surface area contributed by atoms with Gasteiger partial charge in [0.2, 0.25) is 0 Å². The summed E-state index contributed by atoms with van der Waals surface area (Å²) in [5.41, 5.74) is 9.27. The molecule has 2 N–H and O–H groups in total. The number of benzene rings is 1. The second kappa shape index (κ2) is 3.89. The maximum Gasteiger partial charge on any atom is -0.00375 e. The normalized spacial score (nSPS) is 27.1. The fourth-order valence-electron chi connectivity index (χ4n) is 3.12. The third kappa shape index (κ3) is 1.67. The molecule has 0 aliphatic heterocycles. The molecular formula is C15H23N. The quantitative estimate of drug-likeness (QED) is 0.824. The molecule has 16 heavy (non-hydrogen) atoms. The van der Waals surface area contributed by atoms with Crippen LogP contribution in [0, 0.1) is 11.3 Å². The van der Waals surface area contributed by atoms with Crippen LogP contribution in [0.2, 0.25) is 0 Å². The van der Waals surface area contributed by atoms with Crippen LogP contribution in [0.25, 0.3) is 0 Å². The first-order valence-corrected chi connectivity index (χ1v) is 6.29. The van der Waals surface area contributed by atoms with Gasteiger partial charge >= 0.3 is 0 Å². The standard InChI is InChI=1S/C15H23N/c1-10(2)11-7-5-6-8-12(11)14-13(9-16)15(14,3)4/h5-8,10,13-14H,9,16H2,1-4H3/t13-,14-/m0/s1. The van der Waals surface area contributed by atoms with Gasteiger partial charge in [-0.05, 0) is 40.8 Å². The zero-order chi connectivity index (χ0) is 11.9. The van der Waals surface area contributed by atoms with Gasteiger partial charge < -0.3 is 5.73 Å². The van der Waals surface area contributed by atoms with Crippen molar-refractivity contribution < 1.29 is 0 Å². The molecule has 0 bridgehead atoms. The summed E-state index contributed by atoms with van der Waals surface area (Å²) >= 11 is 0. The molecule has 0 unspecified atom stereocenters. The molecule has 0 heterocycles. The lowest BCUT2D eigenvalue weighted by Gasteiger charge is -2.13. The third-order valence-electron chi connectivity index (χ3n) is 4.26. The largest absolute Gasteiger partial charge is 0.330 e. The van der Waals surface area contributed by atoms with E-state index in [1.165, 1.54) is 11.1 Å². The number of nitrogens with two attached hydrogens (primary N) is 1. The highest BCUT2D eigenvalue weighted by molar-refractivity contribution is 5.39. The minimum absolute atomic E-state index is 0.389. The van der Waals surface area contributed by atoms with E-state index >= 15 is 0 Å². The molecule has 1 aliphatic rings. The van der Waals surface area contributed by atoms with Crippen LogP contribution >= 0.6 is 0 Å². The first-order chi connectivity index (χ1) is 7.50. The van der Waals surface area contributed by atoms with Crippen molar-refractivity contribution >= 4 is 0 Å². The van der Waals surface area contributed by atoms with Crippen LogP contribution in [0.5, 0.6) is 0 Å². The molecule has 2 atom stereocenters. The fourth-order valence-corrected chi connectivity index (χ4v) is 3.12. The van der Waals surface area contributed by atoms with Crippen molar-refractivity contribution in [1.82, 2.24) is 0 Å². The summed E-state index contributed by atoms with van der Waals surface area (Å²) in [6.07, 6.45) is 0. The summed E-state index contributed by atoms with van der Waals surface area (Å²) in [6, 6.07) is 8.86. The van der Waals surface area contributed by atoms with Gasteiger partial charge in [-0.2, -0.15) is 0 Å². The first kappa shape index (κ1) is 11.7. The van der Waals surface area contributed by atoms with Crippen LogP contribution in [0.15, 0.2) is 24.3 Å². The Labute approximate surface area is 99.0 Å². The van der Waals surface area contributed by atoms with E-state index in [1.807, 2.05) is 0 Å². The molecule has 0 saturated heterocycles. The van der Waals surface area contributed by atoms with E-state index in [9.17, 15) is 0 Å². The van der Waals surface area contributed by atoms with E-state index in [4.69, 9.17) is 5.73 Å². The Balaban J connectivity index is 2.36. The highest BCUT2D eigenvalue weighted by Gasteiger charge is 2.57. The highest BCUT2D eigenvalue weighted by atomic mass is 14.7. The van der Waals surface area contributed by atoms with Gasteiger partial charge in [-0.25, -0.2) is 0 Å². The van der Waals surface area contributed by atoms with Crippen LogP contribution in [0.4, 0.5) is 0 Å². The van der Waals surface area contributed by atoms with Crippen molar-refractivity contribution in [3.8, 4) is 0 Å². The van der Waals surface area contributed by atoms with Gasteiger partial charge in [0.15, 0.2) is 0 Å². The van der Waals surface area contributed by atoms with Gasteiger partial charge in [-0.1, -0.05) is 52.0 Å². The summed E-state index contributed by atoms with van der Waals surface area (Å²) in [6.45, 7) is 10.0. The number of hydrogen-bond acceptors (Lipinski definition) is 1. The van der Waals surface area contributed by atoms with Gasteiger partial charge in [-0.15, -0.1) is 0 Å². The van der Waals surface area contributed by atoms with E-state index in [-0.39, 0.29) is 0 Å². The van der Waals surface area contributed by atoms with Crippen molar-refractivity contribution in [3.63, 3.8) is 0 Å². The Morgan fingerprint density at radius 3 is 2.38 bits per heavy atom. The molecule has 1 aromatic carbocycles. The van der Waals surface area contributed by atoms with Crippen molar-refractivity contribution in [1.29, 1.82) is 0 Å². The topological polar surface area (TPSA) is 26.0 Å². The Hall–Kier alpha value is -0.820. The Kier molecular flexibility index (Phi) is 2.83. The molecule has 1 saturated carbocycles. The molecular weight excluding hydrogens is 194 g/mol. The van der Waals surface area contributed by atoms with Crippen LogP contribution in [-0.4, -0.2) is 6.54 Å². The highest BCUT2D eigenvalue weighted by Crippen LogP contribution is 2.64. The molecule has 2 rings (SSSR count). The molecule has 0 aromatic heterocycles. The summed E-state index contributed by atoms with van der Waals surface area (Å²) in [4.78, 5) is 0. The van der Waals surface area contributed by atoms with E-state index in [0.29, 0.717) is 23.2 Å². The van der Waals surface area contributed by atoms with Crippen molar-refractivity contribution in [2.75, 3.05) is 6.54 Å². The molecule has 88 valence electrons. The Bertz CT molecular complexity index is 379. The summed E-state index contributed by atoms with van der Waals surface area (Å²) in [5.74, 6) is 1.93. The lowest BCUT2D eigenvalue weighted by atomic mass is 9.92. The van der Waals surface area contributed by atoms with Crippen LogP contribution < -0.4 is 5.73 Å². The molecule has 1 fully saturated rings. The van der Waals surface area contributed by atoms with Crippen LogP contribution in [0.1, 0.15) is 50.7 Å². The smallest absolute Gasteiger partial charge is 0.00375 e. The predicted molar refractivity (Wildman–Crippen MR) is 69.6 cm³/mol. The Morgan fingerprint density at radius 1 is 1.25 bits per heavy atom. The van der Waals surface area contributed by atoms with Gasteiger partial charge in [0, 0.05) is 0 Å². The SMILES string of the molecule is CC(C)c1ccccc1[C@H]1[C@H](CN)C1(C)C. The van der Waals surface area contributed by atoms with Crippen LogP contribution in [-0.2, 0) is 0 Å². The zero-order valence-corrected chi connectivity index (χ0v) is 10.8. The van der Waals surface area contributed by atoms with Crippen LogP contribution in [0.3, 0.4) is 0 Å². The van der Waals surface area contributed by atoms with E-state index in [0.717, 1.165) is 6.54 Å². The van der Waals surface area contributed by atoms with Gasteiger partial charge in [-0.3, -0.25) is 0 Å². The molecule has 1 aromatic rings. The van der Waals surface area contributed by atoms with Gasteiger partial charge in [0.1, 0.15) is 0 Å². The maximum absolute atomic E-state index is 5.86. The molecule has 0 amide bonds. The number of hydrogen-bond donors (Lipinski definition) is 1. The van der Waals surface area contributed by atoms with Crippen molar-refractivity contribution in [3.05, 3.63) is 35.4 Å². The van der Waals surface area contributed by atoms with Gasteiger partial charge in [0.25, 0.3) is 0 Å². The third-order valence-corrected chi connectivity index (χ3v) is 4.26. The summed E-state index contributed by atoms with van der Waals surface area (Å²) < 4.78 is 0. The lowest BCUT2D eigenvalue weighted by molar-refractivity contribution is 0.558. The molecule has 0 radical (unpaired) electrons. The van der Waals surface area contributed by atoms with Crippen molar-refractivity contribution in [2.45, 2.75) is 39.5 Å². The monoisotopic (exact) mass is 217 g/mol.